The molecule has 0 aliphatic rings. The molecular formula is C9H18O4S. The number of rotatable bonds is 8. The summed E-state index contributed by atoms with van der Waals surface area (Å²) in [6.07, 6.45) is 0. The second-order valence-electron chi connectivity index (χ2n) is 3.21. The summed E-state index contributed by atoms with van der Waals surface area (Å²) in [4.78, 5) is 10.8. The molecule has 4 nitrogen and oxygen atoms in total. The predicted molar refractivity (Wildman–Crippen MR) is 56.6 cm³/mol. The van der Waals surface area contributed by atoms with Crippen molar-refractivity contribution in [2.75, 3.05) is 25.6 Å². The predicted octanol–water partition coefficient (Wildman–Crippen LogP) is 0.838. The molecule has 5 heteroatoms. The van der Waals surface area contributed by atoms with Gasteiger partial charge in [0, 0.05) is 5.75 Å². The van der Waals surface area contributed by atoms with E-state index in [1.54, 1.807) is 0 Å². The number of aliphatic hydroxyl groups excluding tert-OH is 1. The van der Waals surface area contributed by atoms with E-state index in [9.17, 15) is 4.79 Å². The van der Waals surface area contributed by atoms with Crippen molar-refractivity contribution < 1.29 is 19.7 Å². The fourth-order valence-electron chi connectivity index (χ4n) is 0.950. The van der Waals surface area contributed by atoms with Gasteiger partial charge in [-0.2, -0.15) is 0 Å². The normalized spacial score (nSPS) is 13.1. The molecule has 0 aliphatic carbocycles. The molecule has 0 saturated heterocycles. The van der Waals surface area contributed by atoms with Crippen LogP contribution in [0.5, 0.6) is 0 Å². The number of aliphatic carboxylic acids is 1. The van der Waals surface area contributed by atoms with E-state index in [0.29, 0.717) is 19.0 Å². The number of hydrogen-bond donors (Lipinski definition) is 2. The molecule has 84 valence electrons. The minimum Gasteiger partial charge on any atom is -0.480 e. The molecule has 0 aromatic heterocycles. The molecule has 0 fully saturated rings. The smallest absolute Gasteiger partial charge is 0.316 e. The summed E-state index contributed by atoms with van der Waals surface area (Å²) in [7, 11) is 0. The Morgan fingerprint density at radius 1 is 1.43 bits per heavy atom. The van der Waals surface area contributed by atoms with Gasteiger partial charge < -0.3 is 14.9 Å². The summed E-state index contributed by atoms with van der Waals surface area (Å²) in [5, 5.41) is 16.9. The van der Waals surface area contributed by atoms with Crippen molar-refractivity contribution >= 4 is 17.7 Å². The summed E-state index contributed by atoms with van der Waals surface area (Å²) in [5.41, 5.74) is 0. The summed E-state index contributed by atoms with van der Waals surface area (Å²) in [6, 6.07) is 0. The molecule has 0 aromatic carbocycles. The monoisotopic (exact) mass is 222 g/mol. The summed E-state index contributed by atoms with van der Waals surface area (Å²) < 4.78 is 5.03. The van der Waals surface area contributed by atoms with Crippen LogP contribution in [0.4, 0.5) is 0 Å². The van der Waals surface area contributed by atoms with Crippen molar-refractivity contribution in [1.29, 1.82) is 0 Å². The van der Waals surface area contributed by atoms with Gasteiger partial charge in [-0.15, -0.1) is 11.8 Å². The number of thioether (sulfide) groups is 1. The number of carboxylic acid groups (broad SMARTS) is 1. The SMILES string of the molecule is CC(C)C(SCCOCCO)C(=O)O. The van der Waals surface area contributed by atoms with Gasteiger partial charge in [0.25, 0.3) is 0 Å². The third-order valence-electron chi connectivity index (χ3n) is 1.61. The van der Waals surface area contributed by atoms with Gasteiger partial charge in [-0.1, -0.05) is 13.8 Å². The highest BCUT2D eigenvalue weighted by Crippen LogP contribution is 2.19. The van der Waals surface area contributed by atoms with Gasteiger partial charge in [0.05, 0.1) is 19.8 Å². The molecular weight excluding hydrogens is 204 g/mol. The van der Waals surface area contributed by atoms with Crippen molar-refractivity contribution in [3.8, 4) is 0 Å². The lowest BCUT2D eigenvalue weighted by atomic mass is 10.1. The Kier molecular flexibility index (Phi) is 7.93. The van der Waals surface area contributed by atoms with Gasteiger partial charge in [0.2, 0.25) is 0 Å². The molecule has 0 amide bonds. The Bertz CT molecular complexity index is 161. The van der Waals surface area contributed by atoms with E-state index in [2.05, 4.69) is 0 Å². The Morgan fingerprint density at radius 3 is 2.50 bits per heavy atom. The van der Waals surface area contributed by atoms with Crippen LogP contribution in [0.3, 0.4) is 0 Å². The Labute approximate surface area is 88.6 Å². The molecule has 0 aliphatic heterocycles. The molecule has 0 radical (unpaired) electrons. The lowest BCUT2D eigenvalue weighted by Gasteiger charge is -2.15. The van der Waals surface area contributed by atoms with E-state index in [4.69, 9.17) is 14.9 Å². The molecule has 1 atom stereocenters. The molecule has 2 N–H and O–H groups in total. The number of ether oxygens (including phenoxy) is 1. The van der Waals surface area contributed by atoms with Crippen LogP contribution < -0.4 is 0 Å². The van der Waals surface area contributed by atoms with Crippen molar-refractivity contribution in [1.82, 2.24) is 0 Å². The minimum atomic E-state index is -0.771. The number of carbonyl (C=O) groups is 1. The van der Waals surface area contributed by atoms with Crippen LogP contribution in [0.1, 0.15) is 13.8 Å². The molecule has 1 unspecified atom stereocenters. The maximum absolute atomic E-state index is 10.8. The maximum Gasteiger partial charge on any atom is 0.316 e. The van der Waals surface area contributed by atoms with Crippen LogP contribution >= 0.6 is 11.8 Å². The van der Waals surface area contributed by atoms with Crippen LogP contribution in [0.25, 0.3) is 0 Å². The number of aliphatic hydroxyl groups is 1. The van der Waals surface area contributed by atoms with E-state index in [1.165, 1.54) is 11.8 Å². The average molecular weight is 222 g/mol. The second kappa shape index (κ2) is 8.08. The Morgan fingerprint density at radius 2 is 2.07 bits per heavy atom. The van der Waals surface area contributed by atoms with Crippen LogP contribution in [0.15, 0.2) is 0 Å². The average Bonchev–Trinajstić information content (AvgIpc) is 2.09. The standard InChI is InChI=1S/C9H18O4S/c1-7(2)8(9(11)12)14-6-5-13-4-3-10/h7-8,10H,3-6H2,1-2H3,(H,11,12). The molecule has 0 bridgehead atoms. The van der Waals surface area contributed by atoms with Crippen LogP contribution in [-0.4, -0.2) is 47.0 Å². The highest BCUT2D eigenvalue weighted by atomic mass is 32.2. The first-order chi connectivity index (χ1) is 6.59. The zero-order valence-electron chi connectivity index (χ0n) is 8.60. The molecule has 0 aromatic rings. The Hall–Kier alpha value is -0.260. The van der Waals surface area contributed by atoms with Crippen LogP contribution in [0, 0.1) is 5.92 Å². The van der Waals surface area contributed by atoms with Crippen LogP contribution in [-0.2, 0) is 9.53 Å². The second-order valence-corrected chi connectivity index (χ2v) is 4.46. The summed E-state index contributed by atoms with van der Waals surface area (Å²) in [5.74, 6) is -0.00250. The maximum atomic E-state index is 10.8. The van der Waals surface area contributed by atoms with Gasteiger partial charge in [-0.3, -0.25) is 4.79 Å². The fraction of sp³-hybridized carbons (Fsp3) is 0.889. The number of carboxylic acids is 1. The highest BCUT2D eigenvalue weighted by Gasteiger charge is 2.21. The molecule has 0 spiro atoms. The van der Waals surface area contributed by atoms with Gasteiger partial charge in [0.1, 0.15) is 5.25 Å². The third-order valence-corrected chi connectivity index (χ3v) is 3.12. The van der Waals surface area contributed by atoms with Crippen molar-refractivity contribution in [2.45, 2.75) is 19.1 Å². The van der Waals surface area contributed by atoms with Crippen LogP contribution in [0.2, 0.25) is 0 Å². The van der Waals surface area contributed by atoms with E-state index in [1.807, 2.05) is 13.8 Å². The summed E-state index contributed by atoms with van der Waals surface area (Å²) in [6.45, 7) is 4.60. The van der Waals surface area contributed by atoms with Crippen molar-refractivity contribution in [3.63, 3.8) is 0 Å². The zero-order chi connectivity index (χ0) is 11.0. The number of hydrogen-bond acceptors (Lipinski definition) is 4. The first-order valence-electron chi connectivity index (χ1n) is 4.62. The van der Waals surface area contributed by atoms with Gasteiger partial charge in [-0.25, -0.2) is 0 Å². The molecule has 14 heavy (non-hydrogen) atoms. The molecule has 0 heterocycles. The largest absolute Gasteiger partial charge is 0.480 e. The zero-order valence-corrected chi connectivity index (χ0v) is 9.42. The highest BCUT2D eigenvalue weighted by molar-refractivity contribution is 8.00. The molecule has 0 rings (SSSR count). The van der Waals surface area contributed by atoms with E-state index >= 15 is 0 Å². The van der Waals surface area contributed by atoms with Crippen molar-refractivity contribution in [3.05, 3.63) is 0 Å². The Balaban J connectivity index is 3.57. The first kappa shape index (κ1) is 13.7. The van der Waals surface area contributed by atoms with Gasteiger partial charge in [0.15, 0.2) is 0 Å². The van der Waals surface area contributed by atoms with E-state index in [0.717, 1.165) is 0 Å². The quantitative estimate of drug-likeness (QED) is 0.596. The topological polar surface area (TPSA) is 66.8 Å². The molecule has 0 saturated carbocycles. The first-order valence-corrected chi connectivity index (χ1v) is 5.67. The third kappa shape index (κ3) is 6.23. The van der Waals surface area contributed by atoms with E-state index < -0.39 is 5.97 Å². The lowest BCUT2D eigenvalue weighted by Crippen LogP contribution is -2.23. The summed E-state index contributed by atoms with van der Waals surface area (Å²) >= 11 is 1.38. The van der Waals surface area contributed by atoms with Gasteiger partial charge >= 0.3 is 5.97 Å². The lowest BCUT2D eigenvalue weighted by molar-refractivity contribution is -0.137. The fourth-order valence-corrected chi connectivity index (χ4v) is 1.94. The van der Waals surface area contributed by atoms with E-state index in [-0.39, 0.29) is 17.8 Å². The van der Waals surface area contributed by atoms with Gasteiger partial charge in [-0.05, 0) is 5.92 Å². The van der Waals surface area contributed by atoms with Crippen molar-refractivity contribution in [2.24, 2.45) is 5.92 Å². The minimum absolute atomic E-state index is 0.0111.